The first kappa shape index (κ1) is 18.1. The van der Waals surface area contributed by atoms with Crippen molar-refractivity contribution in [3.8, 4) is 0 Å². The number of carboxylic acid groups (broad SMARTS) is 2. The molecule has 0 atom stereocenters. The van der Waals surface area contributed by atoms with Gasteiger partial charge in [0.05, 0.1) is 0 Å². The first-order valence-corrected chi connectivity index (χ1v) is 7.28. The van der Waals surface area contributed by atoms with Crippen molar-refractivity contribution in [2.24, 2.45) is 16.6 Å². The van der Waals surface area contributed by atoms with Gasteiger partial charge >= 0.3 is 23.9 Å². The number of aryl methyl sites for hydroxylation is 1. The third-order valence-electron chi connectivity index (χ3n) is 4.40. The van der Waals surface area contributed by atoms with Gasteiger partial charge in [-0.1, -0.05) is 30.3 Å². The number of amides is 1. The van der Waals surface area contributed by atoms with Crippen molar-refractivity contribution in [2.45, 2.75) is 19.3 Å². The summed E-state index contributed by atoms with van der Waals surface area (Å²) in [5.41, 5.74) is -0.231. The Bertz CT molecular complexity index is 713. The fraction of sp³-hybridized carbons (Fsp3) is 0.312. The minimum absolute atomic E-state index is 0.0157. The average molecular weight is 349 g/mol. The lowest BCUT2D eigenvalue weighted by molar-refractivity contribution is -0.218. The van der Waals surface area contributed by atoms with E-state index in [0.717, 1.165) is 5.56 Å². The van der Waals surface area contributed by atoms with E-state index in [1.54, 1.807) is 30.3 Å². The van der Waals surface area contributed by atoms with Crippen molar-refractivity contribution < 1.29 is 38.9 Å². The Balaban J connectivity index is 2.42. The van der Waals surface area contributed by atoms with Gasteiger partial charge in [-0.05, 0) is 24.8 Å². The molecule has 132 valence electrons. The largest absolute Gasteiger partial charge is 0.480 e. The molecule has 0 aliphatic carbocycles. The smallest absolute Gasteiger partial charge is 0.342 e. The van der Waals surface area contributed by atoms with Crippen molar-refractivity contribution >= 4 is 29.8 Å². The zero-order valence-electron chi connectivity index (χ0n) is 12.9. The molecule has 1 aromatic rings. The second-order valence-corrected chi connectivity index (χ2v) is 5.65. The number of rotatable bonds is 8. The van der Waals surface area contributed by atoms with Gasteiger partial charge in [0.15, 0.2) is 0 Å². The van der Waals surface area contributed by atoms with Crippen LogP contribution in [0.5, 0.6) is 0 Å². The van der Waals surface area contributed by atoms with Gasteiger partial charge in [-0.2, -0.15) is 0 Å². The number of benzene rings is 1. The molecule has 2 rings (SSSR count). The zero-order valence-corrected chi connectivity index (χ0v) is 12.9. The third-order valence-corrected chi connectivity index (χ3v) is 4.40. The van der Waals surface area contributed by atoms with Crippen LogP contribution in [0.1, 0.15) is 18.4 Å². The van der Waals surface area contributed by atoms with Gasteiger partial charge in [0.2, 0.25) is 11.3 Å². The molecule has 0 radical (unpaired) electrons. The topological polar surface area (TPSA) is 161 Å². The third kappa shape index (κ3) is 2.44. The molecule has 9 nitrogen and oxygen atoms in total. The number of esters is 2. The van der Waals surface area contributed by atoms with Crippen LogP contribution >= 0.6 is 0 Å². The number of carbonyl (C=O) groups excluding carboxylic acids is 3. The lowest BCUT2D eigenvalue weighted by Crippen LogP contribution is -2.73. The number of nitrogens with two attached hydrogens (primary N) is 1. The summed E-state index contributed by atoms with van der Waals surface area (Å²) in [5.74, 6) is -8.78. The summed E-state index contributed by atoms with van der Waals surface area (Å²) >= 11 is 0. The van der Waals surface area contributed by atoms with Gasteiger partial charge < -0.3 is 20.7 Å². The Morgan fingerprint density at radius 2 is 1.56 bits per heavy atom. The Labute approximate surface area is 141 Å². The van der Waals surface area contributed by atoms with Gasteiger partial charge in [-0.3, -0.25) is 14.4 Å². The highest BCUT2D eigenvalue weighted by atomic mass is 16.6. The molecule has 1 fully saturated rings. The molecular formula is C16H15NO8. The summed E-state index contributed by atoms with van der Waals surface area (Å²) in [4.78, 5) is 59.0. The number of cyclic esters (lactones) is 2. The predicted molar refractivity (Wildman–Crippen MR) is 79.8 cm³/mol. The van der Waals surface area contributed by atoms with Crippen LogP contribution in [0.15, 0.2) is 30.3 Å². The minimum Gasteiger partial charge on any atom is -0.480 e. The molecular weight excluding hydrogens is 334 g/mol. The molecule has 1 amide bonds. The number of carbonyl (C=O) groups is 5. The molecule has 1 saturated heterocycles. The summed E-state index contributed by atoms with van der Waals surface area (Å²) in [7, 11) is 0. The van der Waals surface area contributed by atoms with Gasteiger partial charge in [0, 0.05) is 0 Å². The number of hydrogen-bond donors (Lipinski definition) is 3. The Morgan fingerprint density at radius 3 is 1.96 bits per heavy atom. The van der Waals surface area contributed by atoms with Crippen molar-refractivity contribution in [2.75, 3.05) is 0 Å². The monoisotopic (exact) mass is 349 g/mol. The fourth-order valence-corrected chi connectivity index (χ4v) is 3.05. The Kier molecular flexibility index (Phi) is 4.60. The number of aliphatic carboxylic acids is 2. The fourth-order valence-electron chi connectivity index (χ4n) is 3.05. The Hall–Kier alpha value is -3.23. The van der Waals surface area contributed by atoms with Gasteiger partial charge in [-0.15, -0.1) is 0 Å². The molecule has 0 unspecified atom stereocenters. The van der Waals surface area contributed by atoms with E-state index in [4.69, 9.17) is 5.73 Å². The van der Waals surface area contributed by atoms with E-state index in [-0.39, 0.29) is 12.8 Å². The van der Waals surface area contributed by atoms with Crippen LogP contribution in [0.25, 0.3) is 0 Å². The molecule has 0 bridgehead atoms. The van der Waals surface area contributed by atoms with Crippen molar-refractivity contribution in [3.63, 3.8) is 0 Å². The lowest BCUT2D eigenvalue weighted by atomic mass is 9.57. The lowest BCUT2D eigenvalue weighted by Gasteiger charge is -2.43. The van der Waals surface area contributed by atoms with Gasteiger partial charge in [0.1, 0.15) is 0 Å². The molecule has 4 N–H and O–H groups in total. The molecule has 1 heterocycles. The van der Waals surface area contributed by atoms with E-state index in [1.165, 1.54) is 0 Å². The van der Waals surface area contributed by atoms with Crippen LogP contribution < -0.4 is 5.73 Å². The molecule has 1 aliphatic rings. The van der Waals surface area contributed by atoms with E-state index in [9.17, 15) is 34.2 Å². The second-order valence-electron chi connectivity index (χ2n) is 5.65. The SMILES string of the molecule is NC(=O)C1(C(CCCc2ccccc2)(C(=O)O)C(=O)O)C(=O)OC1=O. The molecule has 9 heteroatoms. The van der Waals surface area contributed by atoms with Crippen LogP contribution in [0.3, 0.4) is 0 Å². The molecule has 0 spiro atoms. The average Bonchev–Trinajstić information content (AvgIpc) is 2.53. The van der Waals surface area contributed by atoms with E-state index in [2.05, 4.69) is 4.74 Å². The summed E-state index contributed by atoms with van der Waals surface area (Å²) in [6.07, 6.45) is -0.393. The van der Waals surface area contributed by atoms with E-state index in [1.807, 2.05) is 0 Å². The number of ether oxygens (including phenoxy) is 1. The predicted octanol–water partition coefficient (Wildman–Crippen LogP) is -0.280. The molecule has 1 aromatic carbocycles. The summed E-state index contributed by atoms with van der Waals surface area (Å²) in [6, 6.07) is 8.75. The maximum atomic E-state index is 11.8. The van der Waals surface area contributed by atoms with E-state index >= 15 is 0 Å². The molecule has 25 heavy (non-hydrogen) atoms. The van der Waals surface area contributed by atoms with E-state index < -0.39 is 47.0 Å². The van der Waals surface area contributed by atoms with Crippen molar-refractivity contribution in [3.05, 3.63) is 35.9 Å². The molecule has 0 saturated carbocycles. The number of carboxylic acids is 2. The van der Waals surface area contributed by atoms with Gasteiger partial charge in [0.25, 0.3) is 5.41 Å². The van der Waals surface area contributed by atoms with E-state index in [0.29, 0.717) is 0 Å². The molecule has 0 aromatic heterocycles. The van der Waals surface area contributed by atoms with Crippen LogP contribution in [-0.4, -0.2) is 40.0 Å². The maximum Gasteiger partial charge on any atom is 0.342 e. The first-order valence-electron chi connectivity index (χ1n) is 7.28. The van der Waals surface area contributed by atoms with Crippen LogP contribution in [0.2, 0.25) is 0 Å². The summed E-state index contributed by atoms with van der Waals surface area (Å²) in [5, 5.41) is 19.1. The Morgan fingerprint density at radius 1 is 1.04 bits per heavy atom. The molecule has 1 aliphatic heterocycles. The number of hydrogen-bond acceptors (Lipinski definition) is 6. The second kappa shape index (κ2) is 6.34. The van der Waals surface area contributed by atoms with Crippen molar-refractivity contribution in [1.29, 1.82) is 0 Å². The minimum atomic E-state index is -3.07. The number of primary amides is 1. The summed E-state index contributed by atoms with van der Waals surface area (Å²) in [6.45, 7) is 0. The normalized spacial score (nSPS) is 15.8. The first-order chi connectivity index (χ1) is 11.7. The zero-order chi connectivity index (χ0) is 18.8. The van der Waals surface area contributed by atoms with Crippen LogP contribution in [0.4, 0.5) is 0 Å². The van der Waals surface area contributed by atoms with Crippen LogP contribution in [-0.2, 0) is 35.1 Å². The summed E-state index contributed by atoms with van der Waals surface area (Å²) < 4.78 is 4.08. The highest BCUT2D eigenvalue weighted by molar-refractivity contribution is 6.34. The van der Waals surface area contributed by atoms with Gasteiger partial charge in [-0.25, -0.2) is 9.59 Å². The highest BCUT2D eigenvalue weighted by Gasteiger charge is 2.81. The maximum absolute atomic E-state index is 11.8. The standard InChI is InChI=1S/C16H15NO8/c17-10(18)16(13(23)25-14(16)24)15(11(19)20,12(21)22)8-4-7-9-5-2-1-3-6-9/h1-3,5-6H,4,7-8H2,(H2,17,18)(H,19,20)(H,21,22). The van der Waals surface area contributed by atoms with Crippen molar-refractivity contribution in [1.82, 2.24) is 0 Å². The highest BCUT2D eigenvalue weighted by Crippen LogP contribution is 2.51. The van der Waals surface area contributed by atoms with Crippen LogP contribution in [0, 0.1) is 10.8 Å². The quantitative estimate of drug-likeness (QED) is 0.426.